The number of benzene rings is 2. The first-order valence-corrected chi connectivity index (χ1v) is 13.0. The molecule has 1 amide bonds. The highest BCUT2D eigenvalue weighted by atomic mass is 19.1. The third-order valence-corrected chi connectivity index (χ3v) is 7.01. The number of rotatable bonds is 5. The lowest BCUT2D eigenvalue weighted by Crippen LogP contribution is -2.29. The molecule has 0 radical (unpaired) electrons. The molecule has 0 atom stereocenters. The first kappa shape index (κ1) is 24.5. The number of nitrogen functional groups attached to an aromatic ring is 1. The molecule has 0 spiro atoms. The van der Waals surface area contributed by atoms with Crippen LogP contribution in [0.4, 0.5) is 21.5 Å². The standard InChI is InChI=1S/C31H27FN6O/c32-24-10-9-20(31(39)36-21-7-3-1-4-8-21)17-22(24)26-12-11-25(33)30(37-26)27-18-23-28(19-35-27)34-14-13-29(23)38-15-5-2-6-16-38/h1,3-4,7-14,17-19H,2,5-6,15-16,33H2,(H,36,39). The van der Waals surface area contributed by atoms with E-state index in [4.69, 9.17) is 10.7 Å². The van der Waals surface area contributed by atoms with Crippen molar-refractivity contribution >= 4 is 33.9 Å². The minimum absolute atomic E-state index is 0.202. The summed E-state index contributed by atoms with van der Waals surface area (Å²) in [7, 11) is 0. The van der Waals surface area contributed by atoms with Gasteiger partial charge in [-0.15, -0.1) is 0 Å². The lowest BCUT2D eigenvalue weighted by molar-refractivity contribution is 0.102. The third-order valence-electron chi connectivity index (χ3n) is 7.01. The highest BCUT2D eigenvalue weighted by molar-refractivity contribution is 6.05. The summed E-state index contributed by atoms with van der Waals surface area (Å²) in [5, 5.41) is 3.80. The molecule has 1 saturated heterocycles. The number of amides is 1. The Bertz CT molecular complexity index is 1670. The zero-order valence-electron chi connectivity index (χ0n) is 21.3. The minimum atomic E-state index is -0.488. The fraction of sp³-hybridized carbons (Fsp3) is 0.161. The van der Waals surface area contributed by atoms with Crippen LogP contribution in [0.15, 0.2) is 85.2 Å². The van der Waals surface area contributed by atoms with Crippen molar-refractivity contribution in [1.82, 2.24) is 15.0 Å². The second-order valence-corrected chi connectivity index (χ2v) is 9.61. The normalized spacial score (nSPS) is 13.4. The second kappa shape index (κ2) is 10.5. The molecule has 1 aliphatic rings. The first-order chi connectivity index (χ1) is 19.1. The summed E-state index contributed by atoms with van der Waals surface area (Å²) >= 11 is 0. The molecular weight excluding hydrogens is 491 g/mol. The number of halogens is 1. The van der Waals surface area contributed by atoms with Crippen molar-refractivity contribution in [3.8, 4) is 22.6 Å². The first-order valence-electron chi connectivity index (χ1n) is 13.0. The Morgan fingerprint density at radius 2 is 1.72 bits per heavy atom. The van der Waals surface area contributed by atoms with Gasteiger partial charge in [0.1, 0.15) is 11.5 Å². The van der Waals surface area contributed by atoms with E-state index in [-0.39, 0.29) is 11.5 Å². The molecule has 5 aromatic rings. The van der Waals surface area contributed by atoms with Crippen molar-refractivity contribution < 1.29 is 9.18 Å². The molecule has 6 rings (SSSR count). The van der Waals surface area contributed by atoms with Crippen LogP contribution in [0.1, 0.15) is 29.6 Å². The smallest absolute Gasteiger partial charge is 0.255 e. The predicted octanol–water partition coefficient (Wildman–Crippen LogP) is 6.32. The third kappa shape index (κ3) is 5.01. The minimum Gasteiger partial charge on any atom is -0.397 e. The number of anilines is 3. The molecule has 4 heterocycles. The molecule has 0 bridgehead atoms. The molecule has 194 valence electrons. The van der Waals surface area contributed by atoms with E-state index in [9.17, 15) is 4.79 Å². The number of carbonyl (C=O) groups excluding carboxylic acids is 1. The average molecular weight is 519 g/mol. The number of fused-ring (bicyclic) bond motifs is 1. The summed E-state index contributed by atoms with van der Waals surface area (Å²) in [5.74, 6) is -0.829. The zero-order chi connectivity index (χ0) is 26.8. The van der Waals surface area contributed by atoms with Crippen LogP contribution < -0.4 is 16.0 Å². The van der Waals surface area contributed by atoms with Crippen LogP contribution in [0.2, 0.25) is 0 Å². The lowest BCUT2D eigenvalue weighted by atomic mass is 10.0. The van der Waals surface area contributed by atoms with Gasteiger partial charge in [0.15, 0.2) is 0 Å². The van der Waals surface area contributed by atoms with Crippen molar-refractivity contribution in [2.24, 2.45) is 0 Å². The molecule has 0 unspecified atom stereocenters. The van der Waals surface area contributed by atoms with Crippen LogP contribution in [0.25, 0.3) is 33.5 Å². The van der Waals surface area contributed by atoms with E-state index in [2.05, 4.69) is 20.2 Å². The van der Waals surface area contributed by atoms with Gasteiger partial charge in [-0.3, -0.25) is 14.8 Å². The Hall–Kier alpha value is -4.85. The van der Waals surface area contributed by atoms with E-state index in [1.54, 1.807) is 30.5 Å². The molecule has 1 fully saturated rings. The van der Waals surface area contributed by atoms with Crippen LogP contribution in [0.3, 0.4) is 0 Å². The highest BCUT2D eigenvalue weighted by Gasteiger charge is 2.18. The quantitative estimate of drug-likeness (QED) is 0.283. The van der Waals surface area contributed by atoms with Gasteiger partial charge in [-0.05, 0) is 73.9 Å². The van der Waals surface area contributed by atoms with Gasteiger partial charge in [-0.1, -0.05) is 18.2 Å². The molecule has 1 aliphatic heterocycles. The fourth-order valence-corrected chi connectivity index (χ4v) is 4.99. The highest BCUT2D eigenvalue weighted by Crippen LogP contribution is 2.33. The van der Waals surface area contributed by atoms with Gasteiger partial charge in [-0.25, -0.2) is 9.37 Å². The Labute approximate surface area is 225 Å². The monoisotopic (exact) mass is 518 g/mol. The number of hydrogen-bond acceptors (Lipinski definition) is 6. The van der Waals surface area contributed by atoms with Gasteiger partial charge in [0, 0.05) is 47.2 Å². The summed E-state index contributed by atoms with van der Waals surface area (Å²) < 4.78 is 15.0. The summed E-state index contributed by atoms with van der Waals surface area (Å²) in [6, 6.07) is 20.7. The molecule has 0 aliphatic carbocycles. The largest absolute Gasteiger partial charge is 0.397 e. The van der Waals surface area contributed by atoms with Crippen LogP contribution >= 0.6 is 0 Å². The molecule has 39 heavy (non-hydrogen) atoms. The van der Waals surface area contributed by atoms with Gasteiger partial charge in [0.2, 0.25) is 0 Å². The van der Waals surface area contributed by atoms with Crippen LogP contribution in [-0.4, -0.2) is 33.9 Å². The lowest BCUT2D eigenvalue weighted by Gasteiger charge is -2.29. The average Bonchev–Trinajstić information content (AvgIpc) is 2.98. The number of aromatic nitrogens is 3. The van der Waals surface area contributed by atoms with Gasteiger partial charge in [0.05, 0.1) is 28.8 Å². The Kier molecular flexibility index (Phi) is 6.59. The number of hydrogen-bond donors (Lipinski definition) is 2. The number of nitrogens with zero attached hydrogens (tertiary/aromatic N) is 4. The Balaban J connectivity index is 1.37. The Morgan fingerprint density at radius 3 is 2.54 bits per heavy atom. The number of para-hydroxylation sites is 1. The van der Waals surface area contributed by atoms with E-state index in [0.717, 1.165) is 42.5 Å². The zero-order valence-corrected chi connectivity index (χ0v) is 21.3. The van der Waals surface area contributed by atoms with Crippen LogP contribution in [0.5, 0.6) is 0 Å². The fourth-order valence-electron chi connectivity index (χ4n) is 4.99. The summed E-state index contributed by atoms with van der Waals surface area (Å²) in [6.45, 7) is 2.00. The van der Waals surface area contributed by atoms with E-state index in [1.807, 2.05) is 36.5 Å². The van der Waals surface area contributed by atoms with Crippen molar-refractivity contribution in [3.05, 3.63) is 96.6 Å². The molecule has 2 aromatic carbocycles. The second-order valence-electron chi connectivity index (χ2n) is 9.61. The predicted molar refractivity (Wildman–Crippen MR) is 153 cm³/mol. The molecular formula is C31H27FN6O. The van der Waals surface area contributed by atoms with Crippen LogP contribution in [0, 0.1) is 5.82 Å². The number of nitrogens with two attached hydrogens (primary N) is 1. The van der Waals surface area contributed by atoms with E-state index in [1.165, 1.54) is 24.6 Å². The maximum atomic E-state index is 15.0. The van der Waals surface area contributed by atoms with Crippen molar-refractivity contribution in [3.63, 3.8) is 0 Å². The number of nitrogens with one attached hydrogen (secondary N) is 1. The molecule has 0 saturated carbocycles. The van der Waals surface area contributed by atoms with Crippen molar-refractivity contribution in [2.75, 3.05) is 29.0 Å². The number of carbonyl (C=O) groups is 1. The van der Waals surface area contributed by atoms with Gasteiger partial charge in [0.25, 0.3) is 5.91 Å². The Morgan fingerprint density at radius 1 is 0.897 bits per heavy atom. The maximum absolute atomic E-state index is 15.0. The van der Waals surface area contributed by atoms with Crippen molar-refractivity contribution in [2.45, 2.75) is 19.3 Å². The molecule has 3 aromatic heterocycles. The number of pyridine rings is 3. The summed E-state index contributed by atoms with van der Waals surface area (Å²) in [4.78, 5) is 29.0. The topological polar surface area (TPSA) is 97.0 Å². The van der Waals surface area contributed by atoms with Gasteiger partial charge >= 0.3 is 0 Å². The number of piperidine rings is 1. The molecule has 8 heteroatoms. The summed E-state index contributed by atoms with van der Waals surface area (Å²) in [5.41, 5.74) is 11.2. The SMILES string of the molecule is Nc1ccc(-c2cc(C(=O)Nc3ccccc3)ccc2F)nc1-c1cc2c(N3CCCCC3)ccnc2cn1. The van der Waals surface area contributed by atoms with Crippen LogP contribution in [-0.2, 0) is 0 Å². The van der Waals surface area contributed by atoms with Gasteiger partial charge < -0.3 is 16.0 Å². The van der Waals surface area contributed by atoms with E-state index in [0.29, 0.717) is 34.0 Å². The van der Waals surface area contributed by atoms with Crippen molar-refractivity contribution in [1.29, 1.82) is 0 Å². The molecule has 3 N–H and O–H groups in total. The van der Waals surface area contributed by atoms with E-state index >= 15 is 4.39 Å². The van der Waals surface area contributed by atoms with Gasteiger partial charge in [-0.2, -0.15) is 0 Å². The summed E-state index contributed by atoms with van der Waals surface area (Å²) in [6.07, 6.45) is 7.09. The molecule has 7 nitrogen and oxygen atoms in total. The maximum Gasteiger partial charge on any atom is 0.255 e. The van der Waals surface area contributed by atoms with E-state index < -0.39 is 5.82 Å².